The van der Waals surface area contributed by atoms with Gasteiger partial charge in [-0.3, -0.25) is 9.59 Å². The molecule has 0 unspecified atom stereocenters. The van der Waals surface area contributed by atoms with Crippen LogP contribution in [0.15, 0.2) is 0 Å². The van der Waals surface area contributed by atoms with E-state index in [1.165, 1.54) is 38.5 Å². The van der Waals surface area contributed by atoms with Gasteiger partial charge in [-0.2, -0.15) is 0 Å². The normalized spacial score (nSPS) is 10.9. The van der Waals surface area contributed by atoms with E-state index in [1.807, 2.05) is 6.92 Å². The molecule has 0 spiro atoms. The van der Waals surface area contributed by atoms with Crippen molar-refractivity contribution >= 4 is 11.9 Å². The number of hydrogen-bond acceptors (Lipinski definition) is 3. The average molecular weight is 298 g/mol. The van der Waals surface area contributed by atoms with Crippen molar-refractivity contribution in [2.75, 3.05) is 0 Å². The van der Waals surface area contributed by atoms with E-state index < -0.39 is 0 Å². The van der Waals surface area contributed by atoms with Crippen LogP contribution >= 0.6 is 0 Å². The maximum absolute atomic E-state index is 11.6. The zero-order chi connectivity index (χ0) is 15.9. The summed E-state index contributed by atoms with van der Waals surface area (Å²) in [7, 11) is 0. The first-order valence-corrected chi connectivity index (χ1v) is 8.87. The zero-order valence-corrected chi connectivity index (χ0v) is 14.3. The Kier molecular flexibility index (Phi) is 13.5. The summed E-state index contributed by atoms with van der Waals surface area (Å²) in [4.78, 5) is 22.9. The third kappa shape index (κ3) is 12.6. The van der Waals surface area contributed by atoms with Crippen LogP contribution in [0, 0.1) is 5.92 Å². The Morgan fingerprint density at radius 2 is 1.14 bits per heavy atom. The van der Waals surface area contributed by atoms with Crippen molar-refractivity contribution in [2.24, 2.45) is 5.92 Å². The van der Waals surface area contributed by atoms with Gasteiger partial charge in [0.2, 0.25) is 0 Å². The predicted octanol–water partition coefficient (Wildman–Crippen LogP) is 5.41. The summed E-state index contributed by atoms with van der Waals surface area (Å²) in [5.41, 5.74) is 0. The molecule has 0 aromatic heterocycles. The van der Waals surface area contributed by atoms with E-state index in [9.17, 15) is 9.59 Å². The van der Waals surface area contributed by atoms with Crippen molar-refractivity contribution in [1.82, 2.24) is 0 Å². The number of esters is 2. The lowest BCUT2D eigenvalue weighted by atomic mass is 9.91. The first kappa shape index (κ1) is 20.1. The number of carbonyl (C=O) groups excluding carboxylic acids is 2. The molecule has 0 aliphatic heterocycles. The number of rotatable bonds is 13. The second-order valence-electron chi connectivity index (χ2n) is 5.99. The van der Waals surface area contributed by atoms with Gasteiger partial charge < -0.3 is 4.74 Å². The lowest BCUT2D eigenvalue weighted by molar-refractivity contribution is -0.159. The Hall–Kier alpha value is -0.860. The molecular formula is C18H34O3. The minimum absolute atomic E-state index is 0.346. The highest BCUT2D eigenvalue weighted by molar-refractivity contribution is 5.85. The Morgan fingerprint density at radius 3 is 1.62 bits per heavy atom. The van der Waals surface area contributed by atoms with Crippen LogP contribution in [0.5, 0.6) is 0 Å². The van der Waals surface area contributed by atoms with Crippen LogP contribution in [0.1, 0.15) is 97.8 Å². The zero-order valence-electron chi connectivity index (χ0n) is 14.3. The summed E-state index contributed by atoms with van der Waals surface area (Å²) in [5, 5.41) is 0. The van der Waals surface area contributed by atoms with E-state index >= 15 is 0 Å². The van der Waals surface area contributed by atoms with Crippen molar-refractivity contribution in [3.63, 3.8) is 0 Å². The summed E-state index contributed by atoms with van der Waals surface area (Å²) in [6.07, 6.45) is 11.9. The van der Waals surface area contributed by atoms with Gasteiger partial charge in [0.05, 0.1) is 0 Å². The Labute approximate surface area is 130 Å². The first-order valence-electron chi connectivity index (χ1n) is 8.87. The Morgan fingerprint density at radius 1 is 0.714 bits per heavy atom. The van der Waals surface area contributed by atoms with Gasteiger partial charge in [-0.25, -0.2) is 0 Å². The third-order valence-electron chi connectivity index (χ3n) is 3.89. The highest BCUT2D eigenvalue weighted by atomic mass is 16.6. The molecule has 0 bridgehead atoms. The molecule has 3 nitrogen and oxygen atoms in total. The summed E-state index contributed by atoms with van der Waals surface area (Å²) in [6, 6.07) is 0. The van der Waals surface area contributed by atoms with Gasteiger partial charge in [0, 0.05) is 12.8 Å². The van der Waals surface area contributed by atoms with Gasteiger partial charge in [0.25, 0.3) is 0 Å². The molecule has 0 rings (SSSR count). The van der Waals surface area contributed by atoms with Crippen LogP contribution in [0.4, 0.5) is 0 Å². The molecule has 21 heavy (non-hydrogen) atoms. The molecule has 0 aromatic carbocycles. The largest absolute Gasteiger partial charge is 0.393 e. The molecule has 0 saturated heterocycles. The molecule has 0 aliphatic rings. The quantitative estimate of drug-likeness (QED) is 0.337. The molecule has 0 aliphatic carbocycles. The van der Waals surface area contributed by atoms with Crippen molar-refractivity contribution in [2.45, 2.75) is 97.8 Å². The predicted molar refractivity (Wildman–Crippen MR) is 87.0 cm³/mol. The molecule has 0 amide bonds. The maximum Gasteiger partial charge on any atom is 0.313 e. The monoisotopic (exact) mass is 298 g/mol. The fourth-order valence-corrected chi connectivity index (χ4v) is 2.50. The molecule has 0 heterocycles. The van der Waals surface area contributed by atoms with Crippen molar-refractivity contribution in [3.05, 3.63) is 0 Å². The molecule has 0 N–H and O–H groups in total. The molecule has 0 atom stereocenters. The van der Waals surface area contributed by atoms with Gasteiger partial charge in [-0.15, -0.1) is 0 Å². The van der Waals surface area contributed by atoms with Crippen molar-refractivity contribution < 1.29 is 14.3 Å². The topological polar surface area (TPSA) is 43.4 Å². The van der Waals surface area contributed by atoms with Crippen LogP contribution in [-0.2, 0) is 14.3 Å². The van der Waals surface area contributed by atoms with Crippen LogP contribution < -0.4 is 0 Å². The lowest BCUT2D eigenvalue weighted by Gasteiger charge is -2.15. The van der Waals surface area contributed by atoms with Crippen LogP contribution in [0.2, 0.25) is 0 Å². The van der Waals surface area contributed by atoms with E-state index in [-0.39, 0.29) is 11.9 Å². The SMILES string of the molecule is CCCCC(=O)OC(=O)CCCC(CCCC)CCCC. The first-order chi connectivity index (χ1) is 10.1. The summed E-state index contributed by atoms with van der Waals surface area (Å²) >= 11 is 0. The second-order valence-corrected chi connectivity index (χ2v) is 5.99. The standard InChI is InChI=1S/C18H34O3/c1-4-7-11-16(12-8-5-2)13-10-15-18(20)21-17(19)14-9-6-3/h16H,4-15H2,1-3H3. The Bertz CT molecular complexity index is 266. The number of hydrogen-bond donors (Lipinski definition) is 0. The number of carbonyl (C=O) groups is 2. The van der Waals surface area contributed by atoms with Gasteiger partial charge in [0.15, 0.2) is 0 Å². The second kappa shape index (κ2) is 14.1. The summed E-state index contributed by atoms with van der Waals surface area (Å²) in [5.74, 6) is 0.0182. The fourth-order valence-electron chi connectivity index (χ4n) is 2.50. The van der Waals surface area contributed by atoms with Crippen LogP contribution in [0.25, 0.3) is 0 Å². The van der Waals surface area contributed by atoms with Gasteiger partial charge in [0.1, 0.15) is 0 Å². The maximum atomic E-state index is 11.6. The number of unbranched alkanes of at least 4 members (excludes halogenated alkanes) is 3. The average Bonchev–Trinajstić information content (AvgIpc) is 2.47. The van der Waals surface area contributed by atoms with E-state index in [4.69, 9.17) is 4.74 Å². The van der Waals surface area contributed by atoms with E-state index in [0.29, 0.717) is 12.8 Å². The molecule has 124 valence electrons. The minimum atomic E-state index is -0.365. The van der Waals surface area contributed by atoms with E-state index in [1.54, 1.807) is 0 Å². The Balaban J connectivity index is 3.84. The molecule has 0 fully saturated rings. The third-order valence-corrected chi connectivity index (χ3v) is 3.89. The molecular weight excluding hydrogens is 264 g/mol. The highest BCUT2D eigenvalue weighted by Gasteiger charge is 2.12. The summed E-state index contributed by atoms with van der Waals surface area (Å²) < 4.78 is 4.82. The van der Waals surface area contributed by atoms with Gasteiger partial charge in [-0.1, -0.05) is 65.7 Å². The van der Waals surface area contributed by atoms with E-state index in [0.717, 1.165) is 31.6 Å². The van der Waals surface area contributed by atoms with Gasteiger partial charge >= 0.3 is 11.9 Å². The number of ether oxygens (including phenoxy) is 1. The summed E-state index contributed by atoms with van der Waals surface area (Å²) in [6.45, 7) is 6.45. The van der Waals surface area contributed by atoms with Gasteiger partial charge in [-0.05, 0) is 25.2 Å². The molecule has 0 aromatic rings. The smallest absolute Gasteiger partial charge is 0.313 e. The highest BCUT2D eigenvalue weighted by Crippen LogP contribution is 2.22. The minimum Gasteiger partial charge on any atom is -0.393 e. The van der Waals surface area contributed by atoms with Crippen molar-refractivity contribution in [1.29, 1.82) is 0 Å². The lowest BCUT2D eigenvalue weighted by Crippen LogP contribution is -2.12. The van der Waals surface area contributed by atoms with Crippen LogP contribution in [0.3, 0.4) is 0 Å². The molecule has 3 heteroatoms. The molecule has 0 radical (unpaired) electrons. The van der Waals surface area contributed by atoms with E-state index in [2.05, 4.69) is 13.8 Å². The molecule has 0 saturated carbocycles. The van der Waals surface area contributed by atoms with Crippen LogP contribution in [-0.4, -0.2) is 11.9 Å². The fraction of sp³-hybridized carbons (Fsp3) is 0.889. The van der Waals surface area contributed by atoms with Crippen molar-refractivity contribution in [3.8, 4) is 0 Å².